The zero-order chi connectivity index (χ0) is 16.4. The maximum Gasteiger partial charge on any atom is 0.267 e. The van der Waals surface area contributed by atoms with Gasteiger partial charge in [0, 0.05) is 17.4 Å². The molecule has 4 rings (SSSR count). The van der Waals surface area contributed by atoms with E-state index in [0.29, 0.717) is 12.2 Å². The Kier molecular flexibility index (Phi) is 3.89. The molecule has 0 aliphatic rings. The summed E-state index contributed by atoms with van der Waals surface area (Å²) in [7, 11) is 0. The van der Waals surface area contributed by atoms with Crippen molar-refractivity contribution in [1.82, 2.24) is 10.3 Å². The summed E-state index contributed by atoms with van der Waals surface area (Å²) < 4.78 is 0. The number of para-hydroxylation sites is 1. The van der Waals surface area contributed by atoms with Crippen molar-refractivity contribution in [3.63, 3.8) is 0 Å². The number of rotatable bonds is 4. The van der Waals surface area contributed by atoms with Crippen molar-refractivity contribution in [3.05, 3.63) is 82.7 Å². The number of nitrogens with one attached hydrogen (secondary N) is 2. The van der Waals surface area contributed by atoms with E-state index < -0.39 is 0 Å². The highest BCUT2D eigenvalue weighted by Gasteiger charge is 2.11. The van der Waals surface area contributed by atoms with E-state index in [1.54, 1.807) is 11.3 Å². The molecule has 0 unspecified atom stereocenters. The minimum Gasteiger partial charge on any atom is -0.351 e. The van der Waals surface area contributed by atoms with Crippen LogP contribution in [0, 0.1) is 0 Å². The third-order valence-corrected chi connectivity index (χ3v) is 4.75. The minimum atomic E-state index is -0.0914. The summed E-state index contributed by atoms with van der Waals surface area (Å²) in [5.41, 5.74) is 5.03. The van der Waals surface area contributed by atoms with Crippen molar-refractivity contribution >= 4 is 28.1 Å². The number of carbonyl (C=O) groups excluding carboxylic acids is 1. The van der Waals surface area contributed by atoms with Gasteiger partial charge in [0.25, 0.3) is 5.91 Å². The molecule has 118 valence electrons. The fourth-order valence-electron chi connectivity index (χ4n) is 2.84. The number of amides is 1. The molecule has 0 fully saturated rings. The highest BCUT2D eigenvalue weighted by molar-refractivity contribution is 7.08. The zero-order valence-corrected chi connectivity index (χ0v) is 13.8. The number of benzene rings is 2. The van der Waals surface area contributed by atoms with E-state index in [4.69, 9.17) is 0 Å². The van der Waals surface area contributed by atoms with Crippen LogP contribution in [0.2, 0.25) is 0 Å². The molecule has 0 atom stereocenters. The first-order valence-corrected chi connectivity index (χ1v) is 8.72. The Morgan fingerprint density at radius 3 is 2.71 bits per heavy atom. The Labute approximate surface area is 144 Å². The molecule has 4 heteroatoms. The molecule has 0 bridgehead atoms. The fraction of sp³-hybridized carbons (Fsp3) is 0.0500. The molecule has 4 aromatic rings. The molecule has 2 heterocycles. The van der Waals surface area contributed by atoms with E-state index in [-0.39, 0.29) is 5.91 Å². The van der Waals surface area contributed by atoms with Gasteiger partial charge in [-0.15, -0.1) is 0 Å². The van der Waals surface area contributed by atoms with Gasteiger partial charge in [-0.1, -0.05) is 42.5 Å². The van der Waals surface area contributed by atoms with Crippen LogP contribution in [0.1, 0.15) is 16.1 Å². The molecule has 0 aliphatic heterocycles. The minimum absolute atomic E-state index is 0.0914. The van der Waals surface area contributed by atoms with Gasteiger partial charge in [-0.3, -0.25) is 4.79 Å². The third-order valence-electron chi connectivity index (χ3n) is 4.06. The molecule has 0 radical (unpaired) electrons. The Balaban J connectivity index is 1.54. The molecule has 0 saturated heterocycles. The van der Waals surface area contributed by atoms with Gasteiger partial charge in [-0.2, -0.15) is 11.3 Å². The number of aromatic amines is 1. The number of carbonyl (C=O) groups is 1. The monoisotopic (exact) mass is 332 g/mol. The smallest absolute Gasteiger partial charge is 0.267 e. The van der Waals surface area contributed by atoms with E-state index in [1.807, 2.05) is 42.5 Å². The van der Waals surface area contributed by atoms with Crippen LogP contribution in [0.3, 0.4) is 0 Å². The molecule has 3 nitrogen and oxygen atoms in total. The van der Waals surface area contributed by atoms with Crippen molar-refractivity contribution < 1.29 is 4.79 Å². The van der Waals surface area contributed by atoms with E-state index in [2.05, 4.69) is 39.3 Å². The number of hydrogen-bond donors (Lipinski definition) is 2. The number of H-pyrrole nitrogens is 1. The first-order chi connectivity index (χ1) is 11.8. The second-order valence-electron chi connectivity index (χ2n) is 5.62. The summed E-state index contributed by atoms with van der Waals surface area (Å²) >= 11 is 1.67. The lowest BCUT2D eigenvalue weighted by Gasteiger charge is -2.09. The first-order valence-electron chi connectivity index (χ1n) is 7.78. The lowest BCUT2D eigenvalue weighted by molar-refractivity contribution is 0.0947. The maximum atomic E-state index is 12.4. The van der Waals surface area contributed by atoms with Gasteiger partial charge in [-0.25, -0.2) is 0 Å². The van der Waals surface area contributed by atoms with Crippen LogP contribution in [0.4, 0.5) is 0 Å². The van der Waals surface area contributed by atoms with E-state index in [0.717, 1.165) is 22.0 Å². The summed E-state index contributed by atoms with van der Waals surface area (Å²) in [4.78, 5) is 15.6. The van der Waals surface area contributed by atoms with Gasteiger partial charge in [-0.05, 0) is 45.6 Å². The quantitative estimate of drug-likeness (QED) is 0.552. The molecular weight excluding hydrogens is 316 g/mol. The first kappa shape index (κ1) is 14.7. The normalized spacial score (nSPS) is 10.8. The summed E-state index contributed by atoms with van der Waals surface area (Å²) in [5.74, 6) is -0.0914. The lowest BCUT2D eigenvalue weighted by Crippen LogP contribution is -2.23. The van der Waals surface area contributed by atoms with Crippen molar-refractivity contribution in [2.45, 2.75) is 6.54 Å². The Morgan fingerprint density at radius 2 is 1.88 bits per heavy atom. The molecule has 0 aliphatic carbocycles. The Hall–Kier alpha value is -2.85. The summed E-state index contributed by atoms with van der Waals surface area (Å²) in [6, 6.07) is 20.0. The van der Waals surface area contributed by atoms with Crippen molar-refractivity contribution in [2.24, 2.45) is 0 Å². The van der Waals surface area contributed by atoms with Crippen molar-refractivity contribution in [3.8, 4) is 11.1 Å². The standard InChI is InChI=1S/C20H16N2OS/c23-20(19-11-14-5-2-4-8-18(14)22-19)21-12-15-6-1-3-7-17(15)16-9-10-24-13-16/h1-11,13,22H,12H2,(H,21,23). The molecule has 2 N–H and O–H groups in total. The zero-order valence-electron chi connectivity index (χ0n) is 13.0. The number of aromatic nitrogens is 1. The average Bonchev–Trinajstić information content (AvgIpc) is 3.29. The number of fused-ring (bicyclic) bond motifs is 1. The topological polar surface area (TPSA) is 44.9 Å². The van der Waals surface area contributed by atoms with Crippen LogP contribution in [-0.4, -0.2) is 10.9 Å². The highest BCUT2D eigenvalue weighted by Crippen LogP contribution is 2.25. The molecule has 0 spiro atoms. The highest BCUT2D eigenvalue weighted by atomic mass is 32.1. The van der Waals surface area contributed by atoms with Crippen LogP contribution < -0.4 is 5.32 Å². The van der Waals surface area contributed by atoms with Crippen LogP contribution >= 0.6 is 11.3 Å². The third kappa shape index (κ3) is 2.84. The molecule has 1 amide bonds. The van der Waals surface area contributed by atoms with Gasteiger partial charge >= 0.3 is 0 Å². The second-order valence-corrected chi connectivity index (χ2v) is 6.40. The van der Waals surface area contributed by atoms with Gasteiger partial charge in [0.15, 0.2) is 0 Å². The van der Waals surface area contributed by atoms with Gasteiger partial charge in [0.1, 0.15) is 5.69 Å². The molecule has 24 heavy (non-hydrogen) atoms. The molecule has 0 saturated carbocycles. The Bertz CT molecular complexity index is 953. The lowest BCUT2D eigenvalue weighted by atomic mass is 10.0. The summed E-state index contributed by atoms with van der Waals surface area (Å²) in [5, 5.41) is 8.24. The van der Waals surface area contributed by atoms with Gasteiger partial charge in [0.05, 0.1) is 0 Å². The predicted octanol–water partition coefficient (Wildman–Crippen LogP) is 4.83. The van der Waals surface area contributed by atoms with Crippen molar-refractivity contribution in [1.29, 1.82) is 0 Å². The van der Waals surface area contributed by atoms with E-state index >= 15 is 0 Å². The van der Waals surface area contributed by atoms with Crippen LogP contribution in [0.5, 0.6) is 0 Å². The van der Waals surface area contributed by atoms with E-state index in [1.165, 1.54) is 5.56 Å². The van der Waals surface area contributed by atoms with Crippen LogP contribution in [0.15, 0.2) is 71.4 Å². The maximum absolute atomic E-state index is 12.4. The fourth-order valence-corrected chi connectivity index (χ4v) is 3.50. The summed E-state index contributed by atoms with van der Waals surface area (Å²) in [6.07, 6.45) is 0. The Morgan fingerprint density at radius 1 is 1.04 bits per heavy atom. The summed E-state index contributed by atoms with van der Waals surface area (Å²) in [6.45, 7) is 0.500. The molecule has 2 aromatic heterocycles. The SMILES string of the molecule is O=C(NCc1ccccc1-c1ccsc1)c1cc2ccccc2[nH]1. The number of hydrogen-bond acceptors (Lipinski definition) is 2. The van der Waals surface area contributed by atoms with Gasteiger partial charge < -0.3 is 10.3 Å². The largest absolute Gasteiger partial charge is 0.351 e. The van der Waals surface area contributed by atoms with Crippen molar-refractivity contribution in [2.75, 3.05) is 0 Å². The molecular formula is C20H16N2OS. The van der Waals surface area contributed by atoms with Crippen LogP contribution in [-0.2, 0) is 6.54 Å². The molecule has 2 aromatic carbocycles. The number of thiophene rings is 1. The second kappa shape index (κ2) is 6.34. The average molecular weight is 332 g/mol. The van der Waals surface area contributed by atoms with Gasteiger partial charge in [0.2, 0.25) is 0 Å². The predicted molar refractivity (Wildman–Crippen MR) is 99.2 cm³/mol. The van der Waals surface area contributed by atoms with Crippen LogP contribution in [0.25, 0.3) is 22.0 Å². The van der Waals surface area contributed by atoms with E-state index in [9.17, 15) is 4.79 Å².